The molecule has 0 spiro atoms. The maximum Gasteiger partial charge on any atom is 0.405 e. The molecule has 7 heteroatoms. The molecule has 0 aliphatic heterocycles. The summed E-state index contributed by atoms with van der Waals surface area (Å²) in [5.41, 5.74) is 6.23. The highest BCUT2D eigenvalue weighted by Crippen LogP contribution is 2.21. The second-order valence-electron chi connectivity index (χ2n) is 3.90. The molecule has 0 saturated carbocycles. The molecule has 100 valence electrons. The molecule has 0 fully saturated rings. The third-order valence-electron chi connectivity index (χ3n) is 2.33. The van der Waals surface area contributed by atoms with Crippen molar-refractivity contribution in [3.8, 4) is 0 Å². The van der Waals surface area contributed by atoms with Gasteiger partial charge in [-0.1, -0.05) is 0 Å². The van der Waals surface area contributed by atoms with Gasteiger partial charge >= 0.3 is 6.18 Å². The molecule has 0 radical (unpaired) electrons. The number of nitrogen functional groups attached to an aromatic ring is 1. The van der Waals surface area contributed by atoms with Crippen LogP contribution < -0.4 is 10.6 Å². The Balaban J connectivity index is 3.09. The average molecular weight is 260 g/mol. The molecule has 1 aromatic heterocycles. The number of pyridine rings is 1. The summed E-state index contributed by atoms with van der Waals surface area (Å²) in [6.45, 7) is 2.37. The maximum atomic E-state index is 12.4. The number of nitrogens with one attached hydrogen (secondary N) is 1. The first-order valence-corrected chi connectivity index (χ1v) is 5.37. The minimum absolute atomic E-state index is 0.174. The van der Waals surface area contributed by atoms with Crippen molar-refractivity contribution >= 4 is 11.7 Å². The SMILES string of the molecule is CCN(CC(F)(F)F)c1cc(C(=N)N)cc(C)n1. The fourth-order valence-electron chi connectivity index (χ4n) is 1.54. The van der Waals surface area contributed by atoms with Gasteiger partial charge in [-0.2, -0.15) is 13.2 Å². The second-order valence-corrected chi connectivity index (χ2v) is 3.90. The van der Waals surface area contributed by atoms with Crippen LogP contribution in [-0.4, -0.2) is 30.1 Å². The fraction of sp³-hybridized carbons (Fsp3) is 0.455. The number of alkyl halides is 3. The van der Waals surface area contributed by atoms with Crippen LogP contribution >= 0.6 is 0 Å². The lowest BCUT2D eigenvalue weighted by Gasteiger charge is -2.24. The summed E-state index contributed by atoms with van der Waals surface area (Å²) in [6, 6.07) is 2.96. The molecule has 0 amide bonds. The number of aromatic nitrogens is 1. The lowest BCUT2D eigenvalue weighted by Crippen LogP contribution is -2.35. The number of hydrogen-bond acceptors (Lipinski definition) is 3. The van der Waals surface area contributed by atoms with E-state index in [1.165, 1.54) is 6.07 Å². The van der Waals surface area contributed by atoms with E-state index in [4.69, 9.17) is 11.1 Å². The van der Waals surface area contributed by atoms with Crippen LogP contribution in [0.4, 0.5) is 19.0 Å². The fourth-order valence-corrected chi connectivity index (χ4v) is 1.54. The van der Waals surface area contributed by atoms with Gasteiger partial charge in [0, 0.05) is 17.8 Å². The van der Waals surface area contributed by atoms with Gasteiger partial charge < -0.3 is 10.6 Å². The molecule has 1 heterocycles. The molecule has 1 aromatic rings. The number of rotatable bonds is 4. The van der Waals surface area contributed by atoms with Gasteiger partial charge in [0.2, 0.25) is 0 Å². The monoisotopic (exact) mass is 260 g/mol. The molecule has 18 heavy (non-hydrogen) atoms. The van der Waals surface area contributed by atoms with Crippen molar-refractivity contribution in [2.24, 2.45) is 5.73 Å². The van der Waals surface area contributed by atoms with E-state index < -0.39 is 12.7 Å². The molecule has 0 aliphatic carbocycles. The Kier molecular flexibility index (Phi) is 4.15. The van der Waals surface area contributed by atoms with Crippen LogP contribution in [0, 0.1) is 12.3 Å². The zero-order chi connectivity index (χ0) is 13.9. The highest BCUT2D eigenvalue weighted by atomic mass is 19.4. The summed E-state index contributed by atoms with van der Waals surface area (Å²) >= 11 is 0. The highest BCUT2D eigenvalue weighted by molar-refractivity contribution is 5.95. The van der Waals surface area contributed by atoms with Crippen molar-refractivity contribution in [1.82, 2.24) is 4.98 Å². The summed E-state index contributed by atoms with van der Waals surface area (Å²) in [6.07, 6.45) is -4.29. The Morgan fingerprint density at radius 3 is 2.50 bits per heavy atom. The number of hydrogen-bond donors (Lipinski definition) is 2. The molecule has 0 aromatic carbocycles. The summed E-state index contributed by atoms with van der Waals surface area (Å²) in [4.78, 5) is 5.14. The number of nitrogens with zero attached hydrogens (tertiary/aromatic N) is 2. The van der Waals surface area contributed by atoms with E-state index in [1.807, 2.05) is 0 Å². The molecular weight excluding hydrogens is 245 g/mol. The number of anilines is 1. The van der Waals surface area contributed by atoms with Crippen molar-refractivity contribution in [2.45, 2.75) is 20.0 Å². The zero-order valence-electron chi connectivity index (χ0n) is 10.2. The maximum absolute atomic E-state index is 12.4. The van der Waals surface area contributed by atoms with Crippen molar-refractivity contribution in [1.29, 1.82) is 5.41 Å². The van der Waals surface area contributed by atoms with Crippen LogP contribution in [0.25, 0.3) is 0 Å². The molecule has 4 nitrogen and oxygen atoms in total. The quantitative estimate of drug-likeness (QED) is 0.643. The van der Waals surface area contributed by atoms with Gasteiger partial charge in [-0.05, 0) is 26.0 Å². The van der Waals surface area contributed by atoms with Gasteiger partial charge in [0.25, 0.3) is 0 Å². The molecular formula is C11H15F3N4. The van der Waals surface area contributed by atoms with Gasteiger partial charge in [0.15, 0.2) is 0 Å². The van der Waals surface area contributed by atoms with E-state index in [1.54, 1.807) is 19.9 Å². The number of aryl methyl sites for hydroxylation is 1. The van der Waals surface area contributed by atoms with Gasteiger partial charge in [-0.15, -0.1) is 0 Å². The predicted molar refractivity (Wildman–Crippen MR) is 63.9 cm³/mol. The van der Waals surface area contributed by atoms with Crippen LogP contribution in [0.3, 0.4) is 0 Å². The third kappa shape index (κ3) is 3.90. The van der Waals surface area contributed by atoms with Crippen LogP contribution in [0.2, 0.25) is 0 Å². The van der Waals surface area contributed by atoms with Crippen molar-refractivity contribution in [3.05, 3.63) is 23.4 Å². The van der Waals surface area contributed by atoms with Crippen molar-refractivity contribution in [2.75, 3.05) is 18.0 Å². The first kappa shape index (κ1) is 14.3. The van der Waals surface area contributed by atoms with E-state index in [2.05, 4.69) is 4.98 Å². The van der Waals surface area contributed by atoms with Crippen molar-refractivity contribution in [3.63, 3.8) is 0 Å². The Hall–Kier alpha value is -1.79. The zero-order valence-corrected chi connectivity index (χ0v) is 10.2. The molecule has 0 aliphatic rings. The topological polar surface area (TPSA) is 66.0 Å². The third-order valence-corrected chi connectivity index (χ3v) is 2.33. The standard InChI is InChI=1S/C11H15F3N4/c1-3-18(6-11(12,13)14)9-5-8(10(15)16)4-7(2)17-9/h4-5H,3,6H2,1-2H3,(H3,15,16). The Bertz CT molecular complexity index is 442. The Labute approximate surface area is 103 Å². The number of halogens is 3. The number of amidine groups is 1. The van der Waals surface area contributed by atoms with Crippen LogP contribution in [0.15, 0.2) is 12.1 Å². The van der Waals surface area contributed by atoms with Crippen LogP contribution in [0.1, 0.15) is 18.2 Å². The van der Waals surface area contributed by atoms with Crippen LogP contribution in [0.5, 0.6) is 0 Å². The Morgan fingerprint density at radius 1 is 1.44 bits per heavy atom. The van der Waals surface area contributed by atoms with E-state index in [0.29, 0.717) is 11.3 Å². The summed E-state index contributed by atoms with van der Waals surface area (Å²) in [7, 11) is 0. The Morgan fingerprint density at radius 2 is 2.06 bits per heavy atom. The second kappa shape index (κ2) is 5.24. The molecule has 1 rings (SSSR count). The van der Waals surface area contributed by atoms with E-state index in [-0.39, 0.29) is 18.2 Å². The van der Waals surface area contributed by atoms with Gasteiger partial charge in [-0.3, -0.25) is 5.41 Å². The predicted octanol–water partition coefficient (Wildman–Crippen LogP) is 2.06. The molecule has 0 unspecified atom stereocenters. The first-order chi connectivity index (χ1) is 8.23. The summed E-state index contributed by atoms with van der Waals surface area (Å²) in [5.74, 6) is -0.00941. The summed E-state index contributed by atoms with van der Waals surface area (Å²) < 4.78 is 37.2. The number of nitrogens with two attached hydrogens (primary N) is 1. The van der Waals surface area contributed by atoms with E-state index in [9.17, 15) is 13.2 Å². The molecule has 3 N–H and O–H groups in total. The molecule has 0 atom stereocenters. The lowest BCUT2D eigenvalue weighted by atomic mass is 10.2. The van der Waals surface area contributed by atoms with Crippen molar-refractivity contribution < 1.29 is 13.2 Å². The molecule has 0 saturated heterocycles. The van der Waals surface area contributed by atoms with Gasteiger partial charge in [0.05, 0.1) is 0 Å². The normalized spacial score (nSPS) is 11.4. The minimum atomic E-state index is -4.29. The average Bonchev–Trinajstić information content (AvgIpc) is 2.23. The van der Waals surface area contributed by atoms with E-state index >= 15 is 0 Å². The first-order valence-electron chi connectivity index (χ1n) is 5.37. The summed E-state index contributed by atoms with van der Waals surface area (Å²) in [5, 5.41) is 7.32. The lowest BCUT2D eigenvalue weighted by molar-refractivity contribution is -0.119. The molecule has 0 bridgehead atoms. The van der Waals surface area contributed by atoms with Crippen LogP contribution in [-0.2, 0) is 0 Å². The van der Waals surface area contributed by atoms with Gasteiger partial charge in [-0.25, -0.2) is 4.98 Å². The largest absolute Gasteiger partial charge is 0.405 e. The van der Waals surface area contributed by atoms with E-state index in [0.717, 1.165) is 4.90 Å². The smallest absolute Gasteiger partial charge is 0.384 e. The minimum Gasteiger partial charge on any atom is -0.384 e. The highest BCUT2D eigenvalue weighted by Gasteiger charge is 2.30. The van der Waals surface area contributed by atoms with Gasteiger partial charge in [0.1, 0.15) is 18.2 Å².